The molecule has 5 rings (SSSR count). The molecule has 0 aromatic carbocycles. The summed E-state index contributed by atoms with van der Waals surface area (Å²) in [6.45, 7) is 15.9. The molecule has 5 nitrogen and oxygen atoms in total. The first-order valence-electron chi connectivity index (χ1n) is 15.1. The maximum absolute atomic E-state index is 13.1. The number of ether oxygens (including phenoxy) is 1. The van der Waals surface area contributed by atoms with Crippen LogP contribution < -0.4 is 10.6 Å². The Labute approximate surface area is 224 Å². The van der Waals surface area contributed by atoms with E-state index in [0.29, 0.717) is 53.3 Å². The van der Waals surface area contributed by atoms with Crippen molar-refractivity contribution in [2.24, 2.45) is 52.3 Å². The molecule has 37 heavy (non-hydrogen) atoms. The second kappa shape index (κ2) is 9.45. The summed E-state index contributed by atoms with van der Waals surface area (Å²) in [6, 6.07) is -0.0805. The quantitative estimate of drug-likeness (QED) is 0.299. The Morgan fingerprint density at radius 3 is 2.54 bits per heavy atom. The predicted octanol–water partition coefficient (Wildman–Crippen LogP) is 6.99. The van der Waals surface area contributed by atoms with Crippen molar-refractivity contribution in [3.63, 3.8) is 0 Å². The van der Waals surface area contributed by atoms with Gasteiger partial charge in [0, 0.05) is 25.0 Å². The number of amides is 2. The lowest BCUT2D eigenvalue weighted by Crippen LogP contribution is -2.73. The smallest absolute Gasteiger partial charge is 0.319 e. The summed E-state index contributed by atoms with van der Waals surface area (Å²) in [7, 11) is 0. The highest BCUT2D eigenvalue weighted by Crippen LogP contribution is 2.69. The number of nitrogens with one attached hydrogen (secondary N) is 2. The lowest BCUT2D eigenvalue weighted by molar-refractivity contribution is -0.156. The first-order chi connectivity index (χ1) is 17.4. The van der Waals surface area contributed by atoms with Crippen LogP contribution in [0, 0.1) is 52.3 Å². The van der Waals surface area contributed by atoms with E-state index in [1.54, 1.807) is 0 Å². The Kier molecular flexibility index (Phi) is 6.85. The van der Waals surface area contributed by atoms with E-state index in [1.807, 2.05) is 0 Å². The molecule has 1 heterocycles. The molecular formula is C32H50N2O3. The van der Waals surface area contributed by atoms with Gasteiger partial charge in [0.2, 0.25) is 0 Å². The zero-order valence-electron chi connectivity index (χ0n) is 24.2. The summed E-state index contributed by atoms with van der Waals surface area (Å²) in [5, 5.41) is 6.62. The zero-order valence-corrected chi connectivity index (χ0v) is 24.2. The number of carbonyl (C=O) groups is 2. The van der Waals surface area contributed by atoms with Gasteiger partial charge >= 0.3 is 12.0 Å². The van der Waals surface area contributed by atoms with E-state index in [2.05, 4.69) is 70.4 Å². The fraction of sp³-hybridized carbons (Fsp3) is 0.812. The average molecular weight is 511 g/mol. The molecule has 5 heteroatoms. The number of hydrogen-bond acceptors (Lipinski definition) is 3. The number of carbonyl (C=O) groups excluding carboxylic acids is 2. The highest BCUT2D eigenvalue weighted by atomic mass is 16.5. The second-order valence-electron chi connectivity index (χ2n) is 14.1. The molecule has 0 aromatic rings. The molecule has 10 atom stereocenters. The molecule has 0 unspecified atom stereocenters. The minimum absolute atomic E-state index is 0.0217. The normalized spacial score (nSPS) is 44.2. The van der Waals surface area contributed by atoms with Crippen LogP contribution in [0.4, 0.5) is 4.79 Å². The summed E-state index contributed by atoms with van der Waals surface area (Å²) in [5.74, 6) is 3.93. The SMILES string of the molecule is CC[C@H](/C=C/[C@@H](C)[C@H]1CC[C@H]2[C@@H]3C4=C[C@]5(C[C@@H](OC(C)=O)CC[C@]5(C)[C@H]3CC[C@]12C)NC(=O)N4)C(C)C. The minimum Gasteiger partial charge on any atom is -0.462 e. The van der Waals surface area contributed by atoms with Crippen molar-refractivity contribution in [2.45, 2.75) is 111 Å². The molecule has 2 amide bonds. The Morgan fingerprint density at radius 2 is 1.86 bits per heavy atom. The summed E-state index contributed by atoms with van der Waals surface area (Å²) < 4.78 is 5.68. The molecule has 1 spiro atoms. The van der Waals surface area contributed by atoms with E-state index in [-0.39, 0.29) is 23.5 Å². The number of rotatable bonds is 6. The van der Waals surface area contributed by atoms with Gasteiger partial charge in [-0.1, -0.05) is 53.7 Å². The Balaban J connectivity index is 1.45. The minimum atomic E-state index is -0.433. The van der Waals surface area contributed by atoms with Crippen molar-refractivity contribution in [3.05, 3.63) is 23.9 Å². The van der Waals surface area contributed by atoms with Crippen molar-refractivity contribution in [3.8, 4) is 0 Å². The van der Waals surface area contributed by atoms with E-state index in [4.69, 9.17) is 4.74 Å². The number of urea groups is 1. The molecule has 0 saturated heterocycles. The third kappa shape index (κ3) is 4.18. The third-order valence-electron chi connectivity index (χ3n) is 12.0. The maximum atomic E-state index is 13.1. The molecular weight excluding hydrogens is 460 g/mol. The third-order valence-corrected chi connectivity index (χ3v) is 12.0. The van der Waals surface area contributed by atoms with Gasteiger partial charge in [0.05, 0.1) is 5.54 Å². The topological polar surface area (TPSA) is 67.4 Å². The van der Waals surface area contributed by atoms with Gasteiger partial charge in [-0.2, -0.15) is 0 Å². The Hall–Kier alpha value is -1.78. The summed E-state index contributed by atoms with van der Waals surface area (Å²) in [5.41, 5.74) is 0.997. The second-order valence-corrected chi connectivity index (χ2v) is 14.1. The Bertz CT molecular complexity index is 987. The summed E-state index contributed by atoms with van der Waals surface area (Å²) >= 11 is 0. The van der Waals surface area contributed by atoms with Crippen molar-refractivity contribution in [1.82, 2.24) is 10.6 Å². The number of fused-ring (bicyclic) bond motifs is 5. The molecule has 2 bridgehead atoms. The van der Waals surface area contributed by atoms with E-state index in [9.17, 15) is 9.59 Å². The lowest BCUT2D eigenvalue weighted by atomic mass is 9.43. The van der Waals surface area contributed by atoms with Crippen LogP contribution in [0.1, 0.15) is 99.8 Å². The molecule has 0 radical (unpaired) electrons. The van der Waals surface area contributed by atoms with Crippen LogP contribution in [-0.4, -0.2) is 23.6 Å². The zero-order chi connectivity index (χ0) is 26.8. The molecule has 5 aliphatic rings. The fourth-order valence-corrected chi connectivity index (χ4v) is 10.0. The van der Waals surface area contributed by atoms with Crippen molar-refractivity contribution >= 4 is 12.0 Å². The molecule has 2 N–H and O–H groups in total. The van der Waals surface area contributed by atoms with Crippen LogP contribution in [0.5, 0.6) is 0 Å². The van der Waals surface area contributed by atoms with Crippen LogP contribution in [0.3, 0.4) is 0 Å². The number of hydrogen-bond donors (Lipinski definition) is 2. The van der Waals surface area contributed by atoms with Gasteiger partial charge in [0.1, 0.15) is 6.10 Å². The van der Waals surface area contributed by atoms with E-state index < -0.39 is 5.54 Å². The van der Waals surface area contributed by atoms with Crippen molar-refractivity contribution < 1.29 is 14.3 Å². The largest absolute Gasteiger partial charge is 0.462 e. The number of allylic oxidation sites excluding steroid dienone is 3. The maximum Gasteiger partial charge on any atom is 0.319 e. The summed E-state index contributed by atoms with van der Waals surface area (Å²) in [6.07, 6.45) is 16.0. The standard InChI is InChI=1S/C32H50N2O3/c1-8-22(19(2)3)10-9-20(4)24-11-12-25-28-26(14-15-30(24,25)6)31(7)16-13-23(37-21(5)35)17-32(31)18-27(28)33-29(36)34-32/h9-10,18-20,22-26,28H,8,11-17H2,1-7H3,(H2,33,34,36)/b10-9+/t20-,22-,23+,24-,25+,26+,28+,30-,31-,32+/m1/s1. The molecule has 3 fully saturated rings. The highest BCUT2D eigenvalue weighted by Gasteiger charge is 2.67. The van der Waals surface area contributed by atoms with Crippen molar-refractivity contribution in [1.29, 1.82) is 0 Å². The monoisotopic (exact) mass is 510 g/mol. The molecule has 206 valence electrons. The van der Waals surface area contributed by atoms with E-state index in [0.717, 1.165) is 18.5 Å². The van der Waals surface area contributed by atoms with Gasteiger partial charge in [-0.05, 0) is 97.4 Å². The van der Waals surface area contributed by atoms with Gasteiger partial charge in [-0.3, -0.25) is 4.79 Å². The summed E-state index contributed by atoms with van der Waals surface area (Å²) in [4.78, 5) is 24.8. The van der Waals surface area contributed by atoms with Gasteiger partial charge in [0.25, 0.3) is 0 Å². The molecule has 1 aliphatic heterocycles. The predicted molar refractivity (Wildman–Crippen MR) is 147 cm³/mol. The first-order valence-corrected chi connectivity index (χ1v) is 15.1. The highest BCUT2D eigenvalue weighted by molar-refractivity contribution is 5.80. The van der Waals surface area contributed by atoms with Gasteiger partial charge < -0.3 is 15.4 Å². The molecule has 3 saturated carbocycles. The van der Waals surface area contributed by atoms with Crippen LogP contribution in [-0.2, 0) is 9.53 Å². The molecule has 0 aromatic heterocycles. The van der Waals surface area contributed by atoms with Crippen LogP contribution >= 0.6 is 0 Å². The average Bonchev–Trinajstić information content (AvgIpc) is 3.17. The van der Waals surface area contributed by atoms with Crippen LogP contribution in [0.25, 0.3) is 0 Å². The lowest BCUT2D eigenvalue weighted by Gasteiger charge is -2.66. The Morgan fingerprint density at radius 1 is 1.11 bits per heavy atom. The van der Waals surface area contributed by atoms with E-state index in [1.165, 1.54) is 39.0 Å². The number of esters is 1. The molecule has 4 aliphatic carbocycles. The van der Waals surface area contributed by atoms with Crippen LogP contribution in [0.15, 0.2) is 23.9 Å². The van der Waals surface area contributed by atoms with Crippen LogP contribution in [0.2, 0.25) is 0 Å². The van der Waals surface area contributed by atoms with Gasteiger partial charge in [-0.25, -0.2) is 4.79 Å². The van der Waals surface area contributed by atoms with Gasteiger partial charge in [0.15, 0.2) is 0 Å². The van der Waals surface area contributed by atoms with Crippen molar-refractivity contribution in [2.75, 3.05) is 0 Å². The van der Waals surface area contributed by atoms with E-state index >= 15 is 0 Å². The first kappa shape index (κ1) is 26.8. The van der Waals surface area contributed by atoms with Gasteiger partial charge in [-0.15, -0.1) is 0 Å². The fourth-order valence-electron chi connectivity index (χ4n) is 10.0.